The van der Waals surface area contributed by atoms with Gasteiger partial charge in [0.1, 0.15) is 0 Å². The number of hydrogen-bond donors (Lipinski definition) is 1. The second-order valence-electron chi connectivity index (χ2n) is 3.80. The summed E-state index contributed by atoms with van der Waals surface area (Å²) in [7, 11) is -0.958. The van der Waals surface area contributed by atoms with Crippen LogP contribution >= 0.6 is 0 Å². The van der Waals surface area contributed by atoms with Gasteiger partial charge in [0.15, 0.2) is 0 Å². The second-order valence-corrected chi connectivity index (χ2v) is 5.53. The minimum absolute atomic E-state index is 0.146. The first kappa shape index (κ1) is 10.6. The average Bonchev–Trinajstić information content (AvgIpc) is 2.74. The van der Waals surface area contributed by atoms with Crippen molar-refractivity contribution in [2.45, 2.75) is 23.5 Å². The van der Waals surface area contributed by atoms with Crippen molar-refractivity contribution >= 4 is 16.5 Å². The highest BCUT2D eigenvalue weighted by Crippen LogP contribution is 2.21. The lowest BCUT2D eigenvalue weighted by Gasteiger charge is -2.09. The average molecular weight is 225 g/mol. The van der Waals surface area contributed by atoms with Gasteiger partial charge in [-0.1, -0.05) is 0 Å². The summed E-state index contributed by atoms with van der Waals surface area (Å²) in [6, 6.07) is 5.57. The molecule has 2 unspecified atom stereocenters. The lowest BCUT2D eigenvalue weighted by molar-refractivity contribution is 0.199. The first-order valence-corrected chi connectivity index (χ1v) is 6.24. The molecule has 0 amide bonds. The van der Waals surface area contributed by atoms with Crippen LogP contribution in [0.1, 0.15) is 12.0 Å². The summed E-state index contributed by atoms with van der Waals surface area (Å²) in [5, 5.41) is 0.146. The van der Waals surface area contributed by atoms with Crippen LogP contribution in [0, 0.1) is 6.92 Å². The number of aryl methyl sites for hydroxylation is 1. The van der Waals surface area contributed by atoms with Gasteiger partial charge in [0.05, 0.1) is 22.7 Å². The lowest BCUT2D eigenvalue weighted by atomic mass is 10.2. The number of anilines is 1. The molecule has 1 aliphatic heterocycles. The van der Waals surface area contributed by atoms with Gasteiger partial charge < -0.3 is 10.5 Å². The molecule has 1 saturated heterocycles. The van der Waals surface area contributed by atoms with Crippen molar-refractivity contribution in [1.82, 2.24) is 0 Å². The summed E-state index contributed by atoms with van der Waals surface area (Å²) >= 11 is 0. The lowest BCUT2D eigenvalue weighted by Crippen LogP contribution is -2.15. The molecule has 3 nitrogen and oxygen atoms in total. The van der Waals surface area contributed by atoms with Crippen molar-refractivity contribution in [1.29, 1.82) is 0 Å². The Hall–Kier alpha value is -0.870. The van der Waals surface area contributed by atoms with Crippen molar-refractivity contribution in [3.05, 3.63) is 23.8 Å². The largest absolute Gasteiger partial charge is 0.399 e. The smallest absolute Gasteiger partial charge is 0.0650 e. The SMILES string of the molecule is Cc1cc(S(=O)C2CCOC2)ccc1N. The second kappa shape index (κ2) is 4.33. The normalized spacial score (nSPS) is 22.9. The number of nitrogens with two attached hydrogens (primary N) is 1. The van der Waals surface area contributed by atoms with Gasteiger partial charge in [0.25, 0.3) is 0 Å². The standard InChI is InChI=1S/C11H15NO2S/c1-8-6-9(2-3-11(8)12)15(13)10-4-5-14-7-10/h2-3,6,10H,4-5,7,12H2,1H3. The van der Waals surface area contributed by atoms with E-state index in [2.05, 4.69) is 0 Å². The quantitative estimate of drug-likeness (QED) is 0.775. The van der Waals surface area contributed by atoms with E-state index in [1.807, 2.05) is 25.1 Å². The molecular weight excluding hydrogens is 210 g/mol. The van der Waals surface area contributed by atoms with Gasteiger partial charge >= 0.3 is 0 Å². The predicted octanol–water partition coefficient (Wildman–Crippen LogP) is 1.47. The van der Waals surface area contributed by atoms with E-state index in [0.717, 1.165) is 29.2 Å². The molecular formula is C11H15NO2S. The Morgan fingerprint density at radius 2 is 2.33 bits per heavy atom. The Morgan fingerprint density at radius 1 is 1.53 bits per heavy atom. The van der Waals surface area contributed by atoms with Gasteiger partial charge in [-0.15, -0.1) is 0 Å². The Kier molecular flexibility index (Phi) is 3.07. The number of hydrogen-bond acceptors (Lipinski definition) is 3. The highest BCUT2D eigenvalue weighted by molar-refractivity contribution is 7.85. The Morgan fingerprint density at radius 3 is 2.93 bits per heavy atom. The molecule has 2 rings (SSSR count). The van der Waals surface area contributed by atoms with Gasteiger partial charge in [-0.05, 0) is 37.1 Å². The molecule has 4 heteroatoms. The molecule has 2 atom stereocenters. The van der Waals surface area contributed by atoms with Gasteiger partial charge in [-0.25, -0.2) is 0 Å². The van der Waals surface area contributed by atoms with Crippen molar-refractivity contribution in [3.8, 4) is 0 Å². The van der Waals surface area contributed by atoms with Crippen LogP contribution in [-0.4, -0.2) is 22.7 Å². The summed E-state index contributed by atoms with van der Waals surface area (Å²) < 4.78 is 17.3. The third-order valence-corrected chi connectivity index (χ3v) is 4.36. The Labute approximate surface area is 92.1 Å². The first-order chi connectivity index (χ1) is 7.18. The summed E-state index contributed by atoms with van der Waals surface area (Å²) in [5.41, 5.74) is 7.45. The number of rotatable bonds is 2. The van der Waals surface area contributed by atoms with Gasteiger partial charge in [-0.2, -0.15) is 0 Å². The van der Waals surface area contributed by atoms with E-state index >= 15 is 0 Å². The van der Waals surface area contributed by atoms with Crippen molar-refractivity contribution < 1.29 is 8.95 Å². The van der Waals surface area contributed by atoms with Crippen LogP contribution < -0.4 is 5.73 Å². The van der Waals surface area contributed by atoms with Crippen molar-refractivity contribution in [3.63, 3.8) is 0 Å². The van der Waals surface area contributed by atoms with Crippen LogP contribution in [0.3, 0.4) is 0 Å². The van der Waals surface area contributed by atoms with Crippen LogP contribution in [0.5, 0.6) is 0 Å². The van der Waals surface area contributed by atoms with Crippen molar-refractivity contribution in [2.24, 2.45) is 0 Å². The molecule has 1 fully saturated rings. The van der Waals surface area contributed by atoms with E-state index in [-0.39, 0.29) is 5.25 Å². The van der Waals surface area contributed by atoms with E-state index in [1.54, 1.807) is 0 Å². The molecule has 1 aliphatic rings. The molecule has 0 aliphatic carbocycles. The maximum atomic E-state index is 12.1. The molecule has 0 radical (unpaired) electrons. The molecule has 0 bridgehead atoms. The molecule has 1 aromatic rings. The zero-order valence-corrected chi connectivity index (χ0v) is 9.55. The van der Waals surface area contributed by atoms with E-state index < -0.39 is 10.8 Å². The minimum atomic E-state index is -0.958. The molecule has 2 N–H and O–H groups in total. The fraction of sp³-hybridized carbons (Fsp3) is 0.455. The molecule has 15 heavy (non-hydrogen) atoms. The van der Waals surface area contributed by atoms with Crippen LogP contribution in [0.2, 0.25) is 0 Å². The highest BCUT2D eigenvalue weighted by Gasteiger charge is 2.23. The van der Waals surface area contributed by atoms with Crippen LogP contribution in [0.4, 0.5) is 5.69 Å². The van der Waals surface area contributed by atoms with Gasteiger partial charge in [0.2, 0.25) is 0 Å². The molecule has 1 aromatic carbocycles. The number of benzene rings is 1. The Bertz CT molecular complexity index is 386. The predicted molar refractivity (Wildman–Crippen MR) is 61.2 cm³/mol. The van der Waals surface area contributed by atoms with Crippen molar-refractivity contribution in [2.75, 3.05) is 18.9 Å². The molecule has 1 heterocycles. The zero-order valence-electron chi connectivity index (χ0n) is 8.73. The van der Waals surface area contributed by atoms with Crippen LogP contribution in [0.15, 0.2) is 23.1 Å². The maximum absolute atomic E-state index is 12.1. The first-order valence-electron chi connectivity index (χ1n) is 5.03. The third kappa shape index (κ3) is 2.21. The minimum Gasteiger partial charge on any atom is -0.399 e. The summed E-state index contributed by atoms with van der Waals surface area (Å²) in [4.78, 5) is 0.859. The maximum Gasteiger partial charge on any atom is 0.0650 e. The third-order valence-electron chi connectivity index (χ3n) is 2.66. The zero-order chi connectivity index (χ0) is 10.8. The monoisotopic (exact) mass is 225 g/mol. The summed E-state index contributed by atoms with van der Waals surface area (Å²) in [6.45, 7) is 3.27. The highest BCUT2D eigenvalue weighted by atomic mass is 32.2. The Balaban J connectivity index is 2.21. The van der Waals surface area contributed by atoms with E-state index in [4.69, 9.17) is 10.5 Å². The fourth-order valence-corrected chi connectivity index (χ4v) is 3.06. The fourth-order valence-electron chi connectivity index (χ4n) is 1.65. The van der Waals surface area contributed by atoms with E-state index in [0.29, 0.717) is 6.61 Å². The summed E-state index contributed by atoms with van der Waals surface area (Å²) in [5.74, 6) is 0. The molecule has 82 valence electrons. The van der Waals surface area contributed by atoms with Gasteiger partial charge in [-0.3, -0.25) is 4.21 Å². The summed E-state index contributed by atoms with van der Waals surface area (Å²) in [6.07, 6.45) is 0.885. The topological polar surface area (TPSA) is 52.3 Å². The van der Waals surface area contributed by atoms with E-state index in [1.165, 1.54) is 0 Å². The van der Waals surface area contributed by atoms with E-state index in [9.17, 15) is 4.21 Å². The number of ether oxygens (including phenoxy) is 1. The molecule has 0 saturated carbocycles. The van der Waals surface area contributed by atoms with Crippen LogP contribution in [0.25, 0.3) is 0 Å². The van der Waals surface area contributed by atoms with Crippen LogP contribution in [-0.2, 0) is 15.5 Å². The number of nitrogen functional groups attached to an aromatic ring is 1. The molecule has 0 aromatic heterocycles. The van der Waals surface area contributed by atoms with Gasteiger partial charge in [0, 0.05) is 17.2 Å². The molecule has 0 spiro atoms.